The molecule has 4 aliphatic rings. The van der Waals surface area contributed by atoms with Gasteiger partial charge in [0.1, 0.15) is 11.3 Å². The second-order valence-electron chi connectivity index (χ2n) is 12.1. The van der Waals surface area contributed by atoms with Gasteiger partial charge in [0.25, 0.3) is 5.22 Å². The van der Waals surface area contributed by atoms with Crippen molar-refractivity contribution < 1.29 is 9.21 Å². The summed E-state index contributed by atoms with van der Waals surface area (Å²) in [6.07, 6.45) is 13.6. The second-order valence-corrected chi connectivity index (χ2v) is 13.0. The Labute approximate surface area is 202 Å². The van der Waals surface area contributed by atoms with E-state index in [1.54, 1.807) is 0 Å². The van der Waals surface area contributed by atoms with Crippen LogP contribution < -0.4 is 0 Å². The van der Waals surface area contributed by atoms with E-state index in [0.717, 1.165) is 53.0 Å². The van der Waals surface area contributed by atoms with E-state index in [1.807, 2.05) is 24.3 Å². The fourth-order valence-corrected chi connectivity index (χ4v) is 9.74. The molecule has 0 radical (unpaired) electrons. The molecular formula is C29H39NO2S. The molecule has 4 aliphatic carbocycles. The first-order chi connectivity index (χ1) is 16.0. The molecule has 0 unspecified atom stereocenters. The average Bonchev–Trinajstić information content (AvgIpc) is 3.24. The average molecular weight is 466 g/mol. The number of para-hydroxylation sites is 2. The monoisotopic (exact) mass is 465 g/mol. The van der Waals surface area contributed by atoms with Crippen molar-refractivity contribution in [2.45, 2.75) is 83.3 Å². The van der Waals surface area contributed by atoms with Gasteiger partial charge in [-0.25, -0.2) is 4.98 Å². The molecule has 2 aromatic rings. The van der Waals surface area contributed by atoms with Gasteiger partial charge in [0.15, 0.2) is 5.58 Å². The van der Waals surface area contributed by atoms with E-state index in [4.69, 9.17) is 4.42 Å². The van der Waals surface area contributed by atoms with Crippen molar-refractivity contribution in [3.63, 3.8) is 0 Å². The zero-order valence-corrected chi connectivity index (χ0v) is 21.1. The molecule has 0 amide bonds. The lowest BCUT2D eigenvalue weighted by molar-refractivity contribution is -0.141. The third-order valence-corrected chi connectivity index (χ3v) is 11.3. The van der Waals surface area contributed by atoms with E-state index in [9.17, 15) is 4.79 Å². The van der Waals surface area contributed by atoms with Crippen molar-refractivity contribution in [1.29, 1.82) is 0 Å². The van der Waals surface area contributed by atoms with E-state index < -0.39 is 0 Å². The third kappa shape index (κ3) is 3.89. The maximum atomic E-state index is 13.6. The van der Waals surface area contributed by atoms with E-state index >= 15 is 0 Å². The minimum atomic E-state index is 0.202. The molecule has 0 N–H and O–H groups in total. The first kappa shape index (κ1) is 22.2. The van der Waals surface area contributed by atoms with Gasteiger partial charge in [-0.05, 0) is 104 Å². The van der Waals surface area contributed by atoms with Crippen LogP contribution in [-0.4, -0.2) is 16.5 Å². The molecule has 4 fully saturated rings. The van der Waals surface area contributed by atoms with E-state index in [2.05, 4.69) is 18.8 Å². The number of benzene rings is 1. The van der Waals surface area contributed by atoms with Crippen molar-refractivity contribution in [2.75, 3.05) is 5.75 Å². The number of carbonyl (C=O) groups excluding carboxylic acids is 1. The van der Waals surface area contributed by atoms with Crippen LogP contribution >= 0.6 is 11.8 Å². The smallest absolute Gasteiger partial charge is 0.257 e. The van der Waals surface area contributed by atoms with Crippen LogP contribution in [0.25, 0.3) is 11.1 Å². The van der Waals surface area contributed by atoms with Gasteiger partial charge >= 0.3 is 0 Å². The summed E-state index contributed by atoms with van der Waals surface area (Å²) in [7, 11) is 0. The van der Waals surface area contributed by atoms with Crippen LogP contribution in [0.15, 0.2) is 33.9 Å². The summed E-state index contributed by atoms with van der Waals surface area (Å²) in [5.41, 5.74) is 1.89. The molecule has 0 bridgehead atoms. The Morgan fingerprint density at radius 2 is 1.91 bits per heavy atom. The summed E-state index contributed by atoms with van der Waals surface area (Å²) in [5.74, 6) is 6.64. The fourth-order valence-electron chi connectivity index (χ4n) is 8.96. The van der Waals surface area contributed by atoms with Crippen LogP contribution in [0.2, 0.25) is 0 Å². The standard InChI is InChI=1S/C29H39NO2S/c1-18-10-12-20-19(16-18)11-13-22-21(20)14-15-29(2)23(22)6-5-7-24(29)26(31)17-33-28-30-25-8-3-4-9-27(25)32-28/h3-4,8-9,18-24H,5-7,10-17H2,1-2H3/t18-,19+,20-,21+,22+,23-,24+,29-/m0/s1. The first-order valence-electron chi connectivity index (χ1n) is 13.5. The van der Waals surface area contributed by atoms with Crippen molar-refractivity contribution in [1.82, 2.24) is 4.98 Å². The minimum Gasteiger partial charge on any atom is -0.431 e. The van der Waals surface area contributed by atoms with Crippen LogP contribution in [0.4, 0.5) is 0 Å². The molecule has 33 heavy (non-hydrogen) atoms. The van der Waals surface area contributed by atoms with Gasteiger partial charge in [0, 0.05) is 5.92 Å². The first-order valence-corrected chi connectivity index (χ1v) is 14.5. The molecule has 1 aromatic carbocycles. The van der Waals surface area contributed by atoms with Gasteiger partial charge in [-0.1, -0.05) is 50.6 Å². The molecule has 0 aliphatic heterocycles. The molecule has 4 heteroatoms. The van der Waals surface area contributed by atoms with Gasteiger partial charge in [-0.2, -0.15) is 0 Å². The van der Waals surface area contributed by atoms with Crippen molar-refractivity contribution >= 4 is 28.6 Å². The molecule has 4 saturated carbocycles. The highest BCUT2D eigenvalue weighted by molar-refractivity contribution is 7.99. The van der Waals surface area contributed by atoms with Crippen molar-refractivity contribution in [3.05, 3.63) is 24.3 Å². The SMILES string of the molecule is C[C@H]1CC[C@H]2[C@H](CC[C@@H]3[C@@H]2CC[C@]2(C)[C@@H](C(=O)CSc4nc5ccccc5o4)CCC[C@@H]32)C1. The maximum Gasteiger partial charge on any atom is 0.257 e. The lowest BCUT2D eigenvalue weighted by Crippen LogP contribution is -2.54. The number of Topliss-reactive ketones (excluding diaryl/α,β-unsaturated/α-hetero) is 1. The third-order valence-electron chi connectivity index (χ3n) is 10.5. The number of aromatic nitrogens is 1. The van der Waals surface area contributed by atoms with Crippen molar-refractivity contribution in [3.8, 4) is 0 Å². The van der Waals surface area contributed by atoms with E-state index in [-0.39, 0.29) is 11.3 Å². The highest BCUT2D eigenvalue weighted by Gasteiger charge is 2.56. The van der Waals surface area contributed by atoms with Gasteiger partial charge < -0.3 is 4.42 Å². The van der Waals surface area contributed by atoms with Crippen LogP contribution in [0.3, 0.4) is 0 Å². The zero-order chi connectivity index (χ0) is 22.6. The topological polar surface area (TPSA) is 43.1 Å². The summed E-state index contributed by atoms with van der Waals surface area (Å²) in [5, 5.41) is 0.635. The summed E-state index contributed by atoms with van der Waals surface area (Å²) < 4.78 is 5.87. The molecule has 8 atom stereocenters. The summed E-state index contributed by atoms with van der Waals surface area (Å²) in [6, 6.07) is 7.86. The van der Waals surface area contributed by atoms with Gasteiger partial charge in [0.2, 0.25) is 0 Å². The Kier molecular flexibility index (Phi) is 5.87. The number of thioether (sulfide) groups is 1. The molecule has 3 nitrogen and oxygen atoms in total. The van der Waals surface area contributed by atoms with Crippen LogP contribution in [0.5, 0.6) is 0 Å². The molecule has 0 spiro atoms. The Hall–Kier alpha value is -1.29. The predicted octanol–water partition coefficient (Wildman–Crippen LogP) is 7.78. The van der Waals surface area contributed by atoms with E-state index in [0.29, 0.717) is 16.8 Å². The number of ketones is 1. The molecule has 1 aromatic heterocycles. The summed E-state index contributed by atoms with van der Waals surface area (Å²) in [4.78, 5) is 18.2. The van der Waals surface area contributed by atoms with Gasteiger partial charge in [-0.3, -0.25) is 4.79 Å². The molecule has 6 rings (SSSR count). The van der Waals surface area contributed by atoms with E-state index in [1.165, 1.54) is 69.5 Å². The maximum absolute atomic E-state index is 13.6. The van der Waals surface area contributed by atoms with Gasteiger partial charge in [-0.15, -0.1) is 0 Å². The fraction of sp³-hybridized carbons (Fsp3) is 0.724. The highest BCUT2D eigenvalue weighted by atomic mass is 32.2. The van der Waals surface area contributed by atoms with Crippen LogP contribution in [-0.2, 0) is 4.79 Å². The Morgan fingerprint density at radius 1 is 1.06 bits per heavy atom. The number of hydrogen-bond acceptors (Lipinski definition) is 4. The highest BCUT2D eigenvalue weighted by Crippen LogP contribution is 2.63. The molecule has 1 heterocycles. The summed E-state index contributed by atoms with van der Waals surface area (Å²) in [6.45, 7) is 4.96. The van der Waals surface area contributed by atoms with Crippen LogP contribution in [0, 0.1) is 46.8 Å². The Bertz CT molecular complexity index is 983. The molecule has 0 saturated heterocycles. The lowest BCUT2D eigenvalue weighted by Gasteiger charge is -2.60. The molecule has 178 valence electrons. The number of nitrogens with zero attached hydrogens (tertiary/aromatic N) is 1. The zero-order valence-electron chi connectivity index (χ0n) is 20.3. The number of oxazole rings is 1. The van der Waals surface area contributed by atoms with Gasteiger partial charge in [0.05, 0.1) is 5.75 Å². The second kappa shape index (κ2) is 8.73. The Balaban J connectivity index is 1.16. The largest absolute Gasteiger partial charge is 0.431 e. The number of rotatable bonds is 4. The number of fused-ring (bicyclic) bond motifs is 6. The lowest BCUT2D eigenvalue weighted by atomic mass is 9.44. The normalized spacial score (nSPS) is 40.6. The quantitative estimate of drug-likeness (QED) is 0.432. The Morgan fingerprint density at radius 3 is 2.79 bits per heavy atom. The number of carbonyl (C=O) groups is 1. The predicted molar refractivity (Wildman–Crippen MR) is 134 cm³/mol. The minimum absolute atomic E-state index is 0.202. The van der Waals surface area contributed by atoms with Crippen molar-refractivity contribution in [2.24, 2.45) is 46.8 Å². The number of hydrogen-bond donors (Lipinski definition) is 0. The molecular weight excluding hydrogens is 426 g/mol. The summed E-state index contributed by atoms with van der Waals surface area (Å²) >= 11 is 1.50. The van der Waals surface area contributed by atoms with Crippen LogP contribution in [0.1, 0.15) is 78.1 Å².